The van der Waals surface area contributed by atoms with Crippen LogP contribution in [0.1, 0.15) is 120 Å². The number of esters is 1. The molecule has 5 saturated carbocycles. The van der Waals surface area contributed by atoms with Crippen molar-refractivity contribution in [3.05, 3.63) is 0 Å². The Labute approximate surface area is 266 Å². The van der Waals surface area contributed by atoms with E-state index in [2.05, 4.69) is 66.8 Å². The van der Waals surface area contributed by atoms with Gasteiger partial charge in [0.25, 0.3) is 0 Å². The van der Waals surface area contributed by atoms with Crippen LogP contribution < -0.4 is 0 Å². The van der Waals surface area contributed by atoms with Gasteiger partial charge in [-0.15, -0.1) is 0 Å². The van der Waals surface area contributed by atoms with E-state index in [1.807, 2.05) is 7.11 Å². The number of phosphoric acid groups is 1. The molecule has 2 N–H and O–H groups in total. The van der Waals surface area contributed by atoms with Crippen LogP contribution in [0, 0.1) is 62.6 Å². The monoisotopic (exact) mass is 640 g/mol. The Morgan fingerprint density at radius 3 is 2.20 bits per heavy atom. The molecule has 12 unspecified atom stereocenters. The van der Waals surface area contributed by atoms with Crippen molar-refractivity contribution in [3.63, 3.8) is 0 Å². The molecule has 9 heteroatoms. The van der Waals surface area contributed by atoms with Gasteiger partial charge in [0.15, 0.2) is 0 Å². The Balaban J connectivity index is 1.56. The SMILES string of the molecule is COC1CCC2(C)C(CC(OC(C)C)C3(C)C2CCC2C4C(C)C(C)CCC4(C(=O)OCOP(=O)(O)O)CCC23C)C1(C)C. The topological polar surface area (TPSA) is 112 Å². The summed E-state index contributed by atoms with van der Waals surface area (Å²) in [6.45, 7) is 20.8. The summed E-state index contributed by atoms with van der Waals surface area (Å²) in [5.74, 6) is 1.94. The van der Waals surface area contributed by atoms with Crippen LogP contribution in [0.5, 0.6) is 0 Å². The second kappa shape index (κ2) is 11.6. The highest BCUT2D eigenvalue weighted by atomic mass is 31.2. The summed E-state index contributed by atoms with van der Waals surface area (Å²) in [5, 5.41) is 0. The van der Waals surface area contributed by atoms with Crippen LogP contribution in [0.15, 0.2) is 0 Å². The molecule has 8 nitrogen and oxygen atoms in total. The fraction of sp³-hybridized carbons (Fsp3) is 0.971. The molecule has 5 rings (SSSR count). The lowest BCUT2D eigenvalue weighted by Gasteiger charge is -2.75. The van der Waals surface area contributed by atoms with Crippen LogP contribution in [-0.2, 0) is 28.1 Å². The first-order valence-corrected chi connectivity index (χ1v) is 18.9. The maximum atomic E-state index is 14.0. The Kier molecular flexibility index (Phi) is 9.17. The molecule has 12 atom stereocenters. The average Bonchev–Trinajstić information content (AvgIpc) is 2.91. The molecule has 0 aliphatic heterocycles. The standard InChI is InChI=1S/C35H61O8P/c1-21(2)43-28-19-26-31(5,6)27(40-10)14-15-32(26,7)25-12-11-24-29-23(4)22(3)13-16-35(29,18-17-33(24,8)34(25,28)9)30(36)41-20-42-44(37,38)39/h21-29H,11-20H2,1-10H3,(H2,37,38,39). The molecule has 254 valence electrons. The smallest absolute Gasteiger partial charge is 0.437 e. The van der Waals surface area contributed by atoms with E-state index in [1.165, 1.54) is 6.42 Å². The van der Waals surface area contributed by atoms with Gasteiger partial charge < -0.3 is 24.0 Å². The highest BCUT2D eigenvalue weighted by Crippen LogP contribution is 2.77. The molecule has 0 aromatic heterocycles. The second-order valence-electron chi connectivity index (χ2n) is 17.2. The van der Waals surface area contributed by atoms with E-state index in [-0.39, 0.29) is 51.9 Å². The highest BCUT2D eigenvalue weighted by Gasteiger charge is 2.74. The Morgan fingerprint density at radius 1 is 0.909 bits per heavy atom. The van der Waals surface area contributed by atoms with E-state index in [4.69, 9.17) is 14.2 Å². The van der Waals surface area contributed by atoms with Crippen molar-refractivity contribution in [2.75, 3.05) is 13.9 Å². The van der Waals surface area contributed by atoms with E-state index in [0.29, 0.717) is 29.6 Å². The zero-order chi connectivity index (χ0) is 32.7. The van der Waals surface area contributed by atoms with E-state index in [1.54, 1.807) is 0 Å². The first-order valence-electron chi connectivity index (χ1n) is 17.3. The van der Waals surface area contributed by atoms with Crippen molar-refractivity contribution >= 4 is 13.8 Å². The van der Waals surface area contributed by atoms with Crippen molar-refractivity contribution < 1.29 is 37.9 Å². The first kappa shape index (κ1) is 34.8. The Hall–Kier alpha value is -0.500. The largest absolute Gasteiger partial charge is 0.472 e. The maximum absolute atomic E-state index is 14.0. The van der Waals surface area contributed by atoms with Gasteiger partial charge in [-0.25, -0.2) is 9.09 Å². The van der Waals surface area contributed by atoms with Gasteiger partial charge in [0, 0.05) is 12.5 Å². The molecule has 0 amide bonds. The molecule has 0 saturated heterocycles. The predicted molar refractivity (Wildman–Crippen MR) is 169 cm³/mol. The van der Waals surface area contributed by atoms with E-state index in [0.717, 1.165) is 51.4 Å². The third-order valence-corrected chi connectivity index (χ3v) is 15.6. The van der Waals surface area contributed by atoms with Crippen molar-refractivity contribution in [2.45, 2.75) is 138 Å². The maximum Gasteiger partial charge on any atom is 0.472 e. The van der Waals surface area contributed by atoms with Gasteiger partial charge in [0.05, 0.1) is 23.7 Å². The van der Waals surface area contributed by atoms with E-state index < -0.39 is 20.0 Å². The molecule has 5 fully saturated rings. The Morgan fingerprint density at radius 2 is 1.59 bits per heavy atom. The third-order valence-electron chi connectivity index (χ3n) is 15.1. The Bertz CT molecular complexity index is 1140. The number of carbonyl (C=O) groups is 1. The summed E-state index contributed by atoms with van der Waals surface area (Å²) in [4.78, 5) is 32.4. The second-order valence-corrected chi connectivity index (χ2v) is 18.5. The van der Waals surface area contributed by atoms with Crippen LogP contribution in [0.3, 0.4) is 0 Å². The van der Waals surface area contributed by atoms with Gasteiger partial charge in [-0.1, -0.05) is 48.5 Å². The minimum atomic E-state index is -4.73. The fourth-order valence-electron chi connectivity index (χ4n) is 12.8. The normalized spacial score (nSPS) is 48.5. The van der Waals surface area contributed by atoms with E-state index >= 15 is 0 Å². The number of methoxy groups -OCH3 is 1. The van der Waals surface area contributed by atoms with Crippen molar-refractivity contribution in [1.29, 1.82) is 0 Å². The lowest BCUT2D eigenvalue weighted by molar-refractivity contribution is -0.302. The molecule has 0 spiro atoms. The lowest BCUT2D eigenvalue weighted by atomic mass is 9.30. The summed E-state index contributed by atoms with van der Waals surface area (Å²) < 4.78 is 34.6. The number of ether oxygens (including phenoxy) is 3. The summed E-state index contributed by atoms with van der Waals surface area (Å²) in [7, 11) is -2.86. The fourth-order valence-corrected chi connectivity index (χ4v) is 13.0. The molecule has 0 radical (unpaired) electrons. The van der Waals surface area contributed by atoms with Crippen molar-refractivity contribution in [3.8, 4) is 0 Å². The van der Waals surface area contributed by atoms with Crippen LogP contribution in [-0.4, -0.2) is 48.0 Å². The molecular formula is C35H61O8P. The number of hydrogen-bond donors (Lipinski definition) is 2. The molecule has 0 bridgehead atoms. The predicted octanol–water partition coefficient (Wildman–Crippen LogP) is 7.75. The molecule has 5 aliphatic carbocycles. The molecule has 5 aliphatic rings. The number of carbonyl (C=O) groups excluding carboxylic acids is 1. The van der Waals surface area contributed by atoms with Gasteiger partial charge in [-0.2, -0.15) is 0 Å². The van der Waals surface area contributed by atoms with Gasteiger partial charge in [0.2, 0.25) is 6.79 Å². The summed E-state index contributed by atoms with van der Waals surface area (Å²) in [6.07, 6.45) is 9.31. The van der Waals surface area contributed by atoms with Crippen LogP contribution in [0.4, 0.5) is 0 Å². The van der Waals surface area contributed by atoms with Crippen LogP contribution in [0.25, 0.3) is 0 Å². The van der Waals surface area contributed by atoms with Crippen molar-refractivity contribution in [1.82, 2.24) is 0 Å². The molecule has 0 aromatic rings. The number of phosphoric ester groups is 1. The summed E-state index contributed by atoms with van der Waals surface area (Å²) >= 11 is 0. The summed E-state index contributed by atoms with van der Waals surface area (Å²) in [6, 6.07) is 0. The summed E-state index contributed by atoms with van der Waals surface area (Å²) in [5.41, 5.74) is -0.537. The minimum absolute atomic E-state index is 0.0339. The molecule has 44 heavy (non-hydrogen) atoms. The first-order chi connectivity index (χ1) is 20.3. The molecule has 0 heterocycles. The number of hydrogen-bond acceptors (Lipinski definition) is 6. The zero-order valence-electron chi connectivity index (χ0n) is 29.1. The van der Waals surface area contributed by atoms with Gasteiger partial charge >= 0.3 is 13.8 Å². The molecule has 0 aromatic carbocycles. The average molecular weight is 641 g/mol. The van der Waals surface area contributed by atoms with Crippen molar-refractivity contribution in [2.24, 2.45) is 62.6 Å². The minimum Gasteiger partial charge on any atom is -0.437 e. The lowest BCUT2D eigenvalue weighted by Crippen LogP contribution is -2.72. The highest BCUT2D eigenvalue weighted by molar-refractivity contribution is 7.46. The van der Waals surface area contributed by atoms with Crippen LogP contribution >= 0.6 is 7.82 Å². The number of fused-ring (bicyclic) bond motifs is 7. The van der Waals surface area contributed by atoms with E-state index in [9.17, 15) is 19.1 Å². The number of rotatable bonds is 7. The third kappa shape index (κ3) is 5.10. The quantitative estimate of drug-likeness (QED) is 0.165. The zero-order valence-corrected chi connectivity index (χ0v) is 30.0. The van der Waals surface area contributed by atoms with Gasteiger partial charge in [-0.3, -0.25) is 4.79 Å². The molecular weight excluding hydrogens is 579 g/mol. The van der Waals surface area contributed by atoms with Crippen LogP contribution in [0.2, 0.25) is 0 Å². The van der Waals surface area contributed by atoms with Gasteiger partial charge in [0.1, 0.15) is 0 Å². The van der Waals surface area contributed by atoms with Gasteiger partial charge in [-0.05, 0) is 123 Å².